The smallest absolute Gasteiger partial charge is 0.276 e. The van der Waals surface area contributed by atoms with Crippen molar-refractivity contribution in [2.75, 3.05) is 13.1 Å². The molecule has 2 saturated heterocycles. The number of nitrogens with zero attached hydrogens (tertiary/aromatic N) is 4. The second kappa shape index (κ2) is 6.83. The Morgan fingerprint density at radius 1 is 1.33 bits per heavy atom. The molecule has 2 amide bonds. The molecule has 1 N–H and O–H groups in total. The first-order valence-electron chi connectivity index (χ1n) is 9.47. The van der Waals surface area contributed by atoms with Gasteiger partial charge in [0.25, 0.3) is 5.91 Å². The summed E-state index contributed by atoms with van der Waals surface area (Å²) in [6, 6.07) is 2.04. The highest BCUT2D eigenvalue weighted by Gasteiger charge is 2.39. The van der Waals surface area contributed by atoms with Gasteiger partial charge in [0, 0.05) is 30.8 Å². The van der Waals surface area contributed by atoms with Gasteiger partial charge in [-0.3, -0.25) is 14.3 Å². The van der Waals surface area contributed by atoms with E-state index >= 15 is 0 Å². The predicted octanol–water partition coefficient (Wildman–Crippen LogP) is 1.59. The maximum atomic E-state index is 13.1. The maximum Gasteiger partial charge on any atom is 0.276 e. The third-order valence-corrected chi connectivity index (χ3v) is 5.65. The second-order valence-electron chi connectivity index (χ2n) is 7.69. The molecule has 0 unspecified atom stereocenters. The van der Waals surface area contributed by atoms with Gasteiger partial charge in [-0.25, -0.2) is 0 Å². The van der Waals surface area contributed by atoms with E-state index in [1.807, 2.05) is 31.5 Å². The first kappa shape index (κ1) is 17.8. The Kier molecular flexibility index (Phi) is 4.49. The largest absolute Gasteiger partial charge is 0.361 e. The van der Waals surface area contributed by atoms with Gasteiger partial charge in [0.1, 0.15) is 5.76 Å². The van der Waals surface area contributed by atoms with Crippen LogP contribution in [0.4, 0.5) is 0 Å². The summed E-state index contributed by atoms with van der Waals surface area (Å²) in [5.74, 6) is 0.894. The lowest BCUT2D eigenvalue weighted by Crippen LogP contribution is -2.39. The molecule has 2 aromatic rings. The van der Waals surface area contributed by atoms with E-state index in [1.165, 1.54) is 0 Å². The van der Waals surface area contributed by atoms with E-state index in [0.717, 1.165) is 29.8 Å². The number of rotatable bonds is 3. The Labute approximate surface area is 157 Å². The molecular weight excluding hydrogens is 346 g/mol. The lowest BCUT2D eigenvalue weighted by Gasteiger charge is -2.16. The molecular formula is C19H25N5O3. The van der Waals surface area contributed by atoms with Crippen LogP contribution >= 0.6 is 0 Å². The van der Waals surface area contributed by atoms with Crippen LogP contribution in [0.25, 0.3) is 0 Å². The van der Waals surface area contributed by atoms with Crippen LogP contribution in [0.1, 0.15) is 52.5 Å². The molecule has 2 fully saturated rings. The SMILES string of the molecule is Cc1cc(C)n(Cc2c(C(=O)N3C[C@H]4CCCC(=O)N[C@H]4C3)noc2C)n1. The predicted molar refractivity (Wildman–Crippen MR) is 97.2 cm³/mol. The number of carbonyl (C=O) groups excluding carboxylic acids is 2. The van der Waals surface area contributed by atoms with Crippen LogP contribution < -0.4 is 5.32 Å². The Hall–Kier alpha value is -2.64. The first-order valence-corrected chi connectivity index (χ1v) is 9.47. The van der Waals surface area contributed by atoms with Crippen LogP contribution in [-0.2, 0) is 11.3 Å². The standard InChI is InChI=1S/C19H25N5O3/c1-11-7-12(2)24(21-11)9-15-13(3)27-22-18(15)19(26)23-8-14-5-4-6-17(25)20-16(14)10-23/h7,14,16H,4-6,8-10H2,1-3H3,(H,20,25)/t14-,16+/m1/s1. The number of fused-ring (bicyclic) bond motifs is 1. The zero-order chi connectivity index (χ0) is 19.1. The molecule has 0 bridgehead atoms. The maximum absolute atomic E-state index is 13.1. The van der Waals surface area contributed by atoms with Gasteiger partial charge < -0.3 is 14.7 Å². The summed E-state index contributed by atoms with van der Waals surface area (Å²) in [7, 11) is 0. The van der Waals surface area contributed by atoms with Gasteiger partial charge in [-0.05, 0) is 45.6 Å². The van der Waals surface area contributed by atoms with Crippen molar-refractivity contribution in [2.45, 2.75) is 52.6 Å². The van der Waals surface area contributed by atoms with Crippen molar-refractivity contribution in [3.8, 4) is 0 Å². The normalized spacial score (nSPS) is 22.5. The number of aromatic nitrogens is 3. The van der Waals surface area contributed by atoms with Gasteiger partial charge in [-0.15, -0.1) is 0 Å². The van der Waals surface area contributed by atoms with Crippen LogP contribution in [0.3, 0.4) is 0 Å². The molecule has 0 radical (unpaired) electrons. The highest BCUT2D eigenvalue weighted by atomic mass is 16.5. The van der Waals surface area contributed by atoms with Gasteiger partial charge in [-0.1, -0.05) is 5.16 Å². The summed E-state index contributed by atoms with van der Waals surface area (Å²) >= 11 is 0. The van der Waals surface area contributed by atoms with Crippen molar-refractivity contribution in [1.29, 1.82) is 0 Å². The average molecular weight is 371 g/mol. The summed E-state index contributed by atoms with van der Waals surface area (Å²) < 4.78 is 7.20. The van der Waals surface area contributed by atoms with E-state index in [9.17, 15) is 9.59 Å². The lowest BCUT2D eigenvalue weighted by atomic mass is 9.99. The summed E-state index contributed by atoms with van der Waals surface area (Å²) in [5, 5.41) is 11.6. The lowest BCUT2D eigenvalue weighted by molar-refractivity contribution is -0.121. The van der Waals surface area contributed by atoms with E-state index in [4.69, 9.17) is 4.52 Å². The molecule has 2 atom stereocenters. The monoisotopic (exact) mass is 371 g/mol. The topological polar surface area (TPSA) is 93.3 Å². The minimum atomic E-state index is -0.134. The van der Waals surface area contributed by atoms with Crippen molar-refractivity contribution >= 4 is 11.8 Å². The van der Waals surface area contributed by atoms with Gasteiger partial charge >= 0.3 is 0 Å². The number of carbonyl (C=O) groups is 2. The minimum absolute atomic E-state index is 0.0383. The van der Waals surface area contributed by atoms with E-state index in [2.05, 4.69) is 15.6 Å². The summed E-state index contributed by atoms with van der Waals surface area (Å²) in [5.41, 5.74) is 3.08. The van der Waals surface area contributed by atoms with Gasteiger partial charge in [-0.2, -0.15) is 5.10 Å². The Balaban J connectivity index is 1.55. The van der Waals surface area contributed by atoms with Crippen molar-refractivity contribution in [3.05, 3.63) is 34.5 Å². The Morgan fingerprint density at radius 2 is 2.15 bits per heavy atom. The van der Waals surface area contributed by atoms with Gasteiger partial charge in [0.15, 0.2) is 5.69 Å². The fraction of sp³-hybridized carbons (Fsp3) is 0.579. The van der Waals surface area contributed by atoms with Gasteiger partial charge in [0.05, 0.1) is 18.3 Å². The molecule has 0 aromatic carbocycles. The van der Waals surface area contributed by atoms with Crippen LogP contribution in [0.15, 0.2) is 10.6 Å². The summed E-state index contributed by atoms with van der Waals surface area (Å²) in [4.78, 5) is 26.7. The third-order valence-electron chi connectivity index (χ3n) is 5.65. The van der Waals surface area contributed by atoms with Crippen molar-refractivity contribution in [1.82, 2.24) is 25.2 Å². The average Bonchev–Trinajstić information content (AvgIpc) is 3.23. The number of nitrogens with one attached hydrogen (secondary N) is 1. The molecule has 8 nitrogen and oxygen atoms in total. The van der Waals surface area contributed by atoms with Crippen molar-refractivity contribution in [2.24, 2.45) is 5.92 Å². The molecule has 0 aliphatic carbocycles. The molecule has 8 heteroatoms. The molecule has 4 heterocycles. The number of likely N-dealkylation sites (tertiary alicyclic amines) is 1. The third kappa shape index (κ3) is 3.36. The number of aryl methyl sites for hydroxylation is 3. The molecule has 27 heavy (non-hydrogen) atoms. The second-order valence-corrected chi connectivity index (χ2v) is 7.69. The van der Waals surface area contributed by atoms with Crippen LogP contribution in [0.2, 0.25) is 0 Å². The quantitative estimate of drug-likeness (QED) is 0.884. The molecule has 0 spiro atoms. The fourth-order valence-electron chi connectivity index (χ4n) is 4.18. The molecule has 2 aliphatic heterocycles. The highest BCUT2D eigenvalue weighted by molar-refractivity contribution is 5.94. The van der Waals surface area contributed by atoms with Crippen LogP contribution in [0, 0.1) is 26.7 Å². The van der Waals surface area contributed by atoms with Crippen molar-refractivity contribution < 1.29 is 14.1 Å². The minimum Gasteiger partial charge on any atom is -0.361 e. The zero-order valence-corrected chi connectivity index (χ0v) is 16.0. The Bertz CT molecular complexity index is 884. The molecule has 4 rings (SSSR count). The molecule has 2 aliphatic rings. The van der Waals surface area contributed by atoms with Crippen LogP contribution in [0.5, 0.6) is 0 Å². The first-order chi connectivity index (χ1) is 12.9. The number of hydrogen-bond acceptors (Lipinski definition) is 5. The van der Waals surface area contributed by atoms with Crippen LogP contribution in [-0.4, -0.2) is 50.8 Å². The number of hydrogen-bond donors (Lipinski definition) is 1. The molecule has 144 valence electrons. The van der Waals surface area contributed by atoms with Gasteiger partial charge in [0.2, 0.25) is 5.91 Å². The highest BCUT2D eigenvalue weighted by Crippen LogP contribution is 2.27. The van der Waals surface area contributed by atoms with E-state index in [1.54, 1.807) is 4.90 Å². The van der Waals surface area contributed by atoms with Crippen molar-refractivity contribution in [3.63, 3.8) is 0 Å². The zero-order valence-electron chi connectivity index (χ0n) is 16.0. The van der Waals surface area contributed by atoms with E-state index in [-0.39, 0.29) is 17.9 Å². The molecule has 2 aromatic heterocycles. The fourth-order valence-corrected chi connectivity index (χ4v) is 4.18. The summed E-state index contributed by atoms with van der Waals surface area (Å²) in [6.07, 6.45) is 2.42. The summed E-state index contributed by atoms with van der Waals surface area (Å²) in [6.45, 7) is 7.38. The Morgan fingerprint density at radius 3 is 2.89 bits per heavy atom. The van der Waals surface area contributed by atoms with E-state index in [0.29, 0.717) is 43.4 Å². The number of amides is 2. The molecule has 0 saturated carbocycles. The van der Waals surface area contributed by atoms with E-state index < -0.39 is 0 Å².